The molecule has 5 atom stereocenters. The Morgan fingerprint density at radius 1 is 1.32 bits per heavy atom. The molecule has 0 spiro atoms. The molecule has 1 saturated heterocycles. The molecular weight excluding hydrogens is 629 g/mol. The fourth-order valence-electron chi connectivity index (χ4n) is 3.92. The van der Waals surface area contributed by atoms with Gasteiger partial charge in [-0.15, -0.1) is 0 Å². The molecule has 1 aliphatic heterocycles. The number of carbonyl (C=O) groups excluding carboxylic acids is 1. The summed E-state index contributed by atoms with van der Waals surface area (Å²) in [5.41, 5.74) is -1.13. The van der Waals surface area contributed by atoms with Crippen LogP contribution in [0.1, 0.15) is 31.1 Å². The number of rotatable bonds is 16. The molecule has 1 aliphatic rings. The third-order valence-corrected chi connectivity index (χ3v) is 7.74. The highest BCUT2D eigenvalue weighted by molar-refractivity contribution is 9.11. The molecule has 4 unspecified atom stereocenters. The quantitative estimate of drug-likeness (QED) is 0.104. The molecule has 3 rings (SSSR count). The number of aliphatic hydroxyl groups excluding tert-OH is 1. The number of esters is 1. The highest BCUT2D eigenvalue weighted by Gasteiger charge is 2.40. The van der Waals surface area contributed by atoms with Gasteiger partial charge in [0.15, 0.2) is 0 Å². The zero-order valence-electron chi connectivity index (χ0n) is 22.5. The van der Waals surface area contributed by atoms with Gasteiger partial charge in [0.1, 0.15) is 30.9 Å². The van der Waals surface area contributed by atoms with Crippen molar-refractivity contribution in [2.45, 2.75) is 43.7 Å². The number of nitrogens with zero attached hydrogens (tertiary/aromatic N) is 1. The number of aliphatic hydroxyl groups is 1. The van der Waals surface area contributed by atoms with Crippen molar-refractivity contribution >= 4 is 35.7 Å². The summed E-state index contributed by atoms with van der Waals surface area (Å²) in [7, 11) is -1.58. The number of carbonyl (C=O) groups is 1. The first kappa shape index (κ1) is 32.9. The lowest BCUT2D eigenvalue weighted by Gasteiger charge is -2.26. The van der Waals surface area contributed by atoms with E-state index >= 15 is 0 Å². The number of H-pyrrole nitrogens is 1. The normalized spacial score (nSPS) is 21.0. The molecule has 1 aromatic carbocycles. The van der Waals surface area contributed by atoms with Crippen molar-refractivity contribution in [1.82, 2.24) is 14.6 Å². The van der Waals surface area contributed by atoms with Gasteiger partial charge in [0, 0.05) is 26.3 Å². The van der Waals surface area contributed by atoms with Gasteiger partial charge in [-0.1, -0.05) is 34.1 Å². The first-order chi connectivity index (χ1) is 19.7. The van der Waals surface area contributed by atoms with E-state index in [2.05, 4.69) is 26.0 Å². The molecule has 16 heteroatoms. The molecule has 0 bridgehead atoms. The minimum atomic E-state index is -4.27. The molecule has 14 nitrogen and oxygen atoms in total. The number of nitrogens with one attached hydrogen (secondary N) is 2. The van der Waals surface area contributed by atoms with Crippen molar-refractivity contribution in [3.63, 3.8) is 0 Å². The van der Waals surface area contributed by atoms with Crippen molar-refractivity contribution in [3.8, 4) is 5.75 Å². The number of methoxy groups -OCH3 is 2. The Bertz CT molecular complexity index is 1320. The van der Waals surface area contributed by atoms with Crippen LogP contribution in [0.5, 0.6) is 5.75 Å². The van der Waals surface area contributed by atoms with Gasteiger partial charge < -0.3 is 28.6 Å². The van der Waals surface area contributed by atoms with Crippen LogP contribution in [-0.2, 0) is 32.8 Å². The van der Waals surface area contributed by atoms with Gasteiger partial charge in [-0.2, -0.15) is 5.09 Å². The fourth-order valence-corrected chi connectivity index (χ4v) is 5.74. The molecule has 1 fully saturated rings. The molecule has 0 amide bonds. The number of hydrogen-bond donors (Lipinski definition) is 3. The Morgan fingerprint density at radius 2 is 2.07 bits per heavy atom. The Morgan fingerprint density at radius 3 is 2.76 bits per heavy atom. The van der Waals surface area contributed by atoms with E-state index < -0.39 is 56.0 Å². The van der Waals surface area contributed by atoms with E-state index in [4.69, 9.17) is 28.0 Å². The van der Waals surface area contributed by atoms with Gasteiger partial charge in [0.2, 0.25) is 0 Å². The maximum absolute atomic E-state index is 13.9. The number of hydrogen-bond acceptors (Lipinski definition) is 11. The van der Waals surface area contributed by atoms with Crippen LogP contribution < -0.4 is 20.9 Å². The zero-order valence-corrected chi connectivity index (χ0v) is 25.0. The molecular formula is C25H33BrN3O11P. The number of aromatic amines is 1. The predicted octanol–water partition coefficient (Wildman–Crippen LogP) is 2.29. The summed E-state index contributed by atoms with van der Waals surface area (Å²) in [6.45, 7) is -0.0696. The molecule has 1 aromatic heterocycles. The van der Waals surface area contributed by atoms with Gasteiger partial charge in [0.05, 0.1) is 25.4 Å². The van der Waals surface area contributed by atoms with Crippen LogP contribution in [0.3, 0.4) is 0 Å². The lowest BCUT2D eigenvalue weighted by molar-refractivity contribution is -0.143. The van der Waals surface area contributed by atoms with Crippen LogP contribution in [0.15, 0.2) is 51.1 Å². The van der Waals surface area contributed by atoms with E-state index in [1.807, 2.05) is 0 Å². The third kappa shape index (κ3) is 9.72. The lowest BCUT2D eigenvalue weighted by Crippen LogP contribution is -2.38. The lowest BCUT2D eigenvalue weighted by atomic mass is 10.2. The Kier molecular flexibility index (Phi) is 12.9. The number of halogens is 1. The van der Waals surface area contributed by atoms with Crippen molar-refractivity contribution < 1.29 is 42.5 Å². The largest absolute Gasteiger partial charge is 0.468 e. The highest BCUT2D eigenvalue weighted by Crippen LogP contribution is 2.46. The van der Waals surface area contributed by atoms with E-state index in [0.717, 1.165) is 4.57 Å². The van der Waals surface area contributed by atoms with Gasteiger partial charge in [-0.05, 0) is 36.0 Å². The smallest absolute Gasteiger partial charge is 0.459 e. The average molecular weight is 662 g/mol. The van der Waals surface area contributed by atoms with Crippen LogP contribution >= 0.6 is 23.7 Å². The fraction of sp³-hybridized carbons (Fsp3) is 0.480. The number of para-hydroxylation sites is 1. The minimum Gasteiger partial charge on any atom is -0.468 e. The molecule has 41 heavy (non-hydrogen) atoms. The second-order valence-corrected chi connectivity index (χ2v) is 11.1. The molecule has 0 radical (unpaired) electrons. The zero-order chi connectivity index (χ0) is 29.8. The summed E-state index contributed by atoms with van der Waals surface area (Å²) in [4.78, 5) is 40.6. The van der Waals surface area contributed by atoms with E-state index in [1.165, 1.54) is 31.5 Å². The van der Waals surface area contributed by atoms with Crippen molar-refractivity contribution in [1.29, 1.82) is 0 Å². The van der Waals surface area contributed by atoms with Crippen LogP contribution in [0.2, 0.25) is 0 Å². The maximum atomic E-state index is 13.9. The topological polar surface area (TPSA) is 177 Å². The molecule has 2 aromatic rings. The molecule has 0 aliphatic carbocycles. The number of aromatic nitrogens is 2. The predicted molar refractivity (Wildman–Crippen MR) is 150 cm³/mol. The minimum absolute atomic E-state index is 0.0129. The average Bonchev–Trinajstić information content (AvgIpc) is 3.32. The number of benzene rings is 1. The Hall–Kier alpha value is -2.62. The second kappa shape index (κ2) is 16.1. The van der Waals surface area contributed by atoms with E-state index in [0.29, 0.717) is 6.42 Å². The van der Waals surface area contributed by atoms with Crippen molar-refractivity contribution in [2.24, 2.45) is 0 Å². The van der Waals surface area contributed by atoms with Crippen LogP contribution in [0.4, 0.5) is 0 Å². The molecule has 2 heterocycles. The van der Waals surface area contributed by atoms with Gasteiger partial charge in [0.25, 0.3) is 5.56 Å². The summed E-state index contributed by atoms with van der Waals surface area (Å²) in [6.07, 6.45) is 0.229. The monoisotopic (exact) mass is 661 g/mol. The van der Waals surface area contributed by atoms with Crippen molar-refractivity contribution in [3.05, 3.63) is 67.9 Å². The van der Waals surface area contributed by atoms with Gasteiger partial charge >= 0.3 is 19.4 Å². The first-order valence-electron chi connectivity index (χ1n) is 12.6. The summed E-state index contributed by atoms with van der Waals surface area (Å²) in [5, 5.41) is 13.3. The van der Waals surface area contributed by atoms with Gasteiger partial charge in [-0.3, -0.25) is 23.7 Å². The SMILES string of the molecule is COCOCCC[C@H](NP(=O)(OCC1OC(n2cc(/C=C/Br)c(=O)[nH]c2=O)CC1O)Oc1ccccc1)C(=O)OC. The van der Waals surface area contributed by atoms with Crippen LogP contribution in [-0.4, -0.2) is 73.1 Å². The van der Waals surface area contributed by atoms with Crippen LogP contribution in [0.25, 0.3) is 6.08 Å². The van der Waals surface area contributed by atoms with Gasteiger partial charge in [-0.25, -0.2) is 9.36 Å². The van der Waals surface area contributed by atoms with E-state index in [-0.39, 0.29) is 37.6 Å². The van der Waals surface area contributed by atoms with E-state index in [1.54, 1.807) is 30.3 Å². The molecule has 226 valence electrons. The number of ether oxygens (including phenoxy) is 4. The Balaban J connectivity index is 1.75. The maximum Gasteiger partial charge on any atom is 0.459 e. The highest BCUT2D eigenvalue weighted by atomic mass is 79.9. The van der Waals surface area contributed by atoms with E-state index in [9.17, 15) is 24.1 Å². The third-order valence-electron chi connectivity index (χ3n) is 5.91. The second-order valence-electron chi connectivity index (χ2n) is 8.84. The first-order valence-corrected chi connectivity index (χ1v) is 15.0. The summed E-state index contributed by atoms with van der Waals surface area (Å²) >= 11 is 3.09. The summed E-state index contributed by atoms with van der Waals surface area (Å²) in [6, 6.07) is 7.11. The Labute approximate surface area is 244 Å². The molecule has 0 saturated carbocycles. The summed E-state index contributed by atoms with van der Waals surface area (Å²) in [5.74, 6) is -0.492. The van der Waals surface area contributed by atoms with Crippen LogP contribution in [0, 0.1) is 0 Å². The standard InChI is InChI=1S/C25H33BrN3O11P/c1-35-16-37-12-6-9-19(24(32)36-2)28-41(34,40-18-7-4-3-5-8-18)38-15-21-20(30)13-22(39-21)29-14-17(10-11-26)23(31)27-25(29)33/h3-5,7-8,10-11,14,19-22,30H,6,9,12-13,15-16H2,1-2H3,(H,28,34)(H,27,31,33)/b11-10+/t19-,20?,21?,22?,41?/m0/s1. The molecule has 3 N–H and O–H groups in total. The van der Waals surface area contributed by atoms with Crippen molar-refractivity contribution in [2.75, 3.05) is 34.2 Å². The summed E-state index contributed by atoms with van der Waals surface area (Å²) < 4.78 is 47.2.